The summed E-state index contributed by atoms with van der Waals surface area (Å²) < 4.78 is 0. The molecule has 0 bridgehead atoms. The number of nitrogens with zero attached hydrogens (tertiary/aromatic N) is 5. The van der Waals surface area contributed by atoms with Crippen LogP contribution in [0.15, 0.2) is 45.6 Å². The van der Waals surface area contributed by atoms with E-state index in [-0.39, 0.29) is 24.2 Å². The Morgan fingerprint density at radius 3 is 2.68 bits per heavy atom. The fraction of sp³-hybridized carbons (Fsp3) is 0.353. The van der Waals surface area contributed by atoms with Crippen LogP contribution in [-0.2, 0) is 9.59 Å². The molecule has 11 heteroatoms. The van der Waals surface area contributed by atoms with Gasteiger partial charge in [-0.1, -0.05) is 17.2 Å². The number of carboxylic acid groups (broad SMARTS) is 1. The molecule has 1 aromatic rings. The summed E-state index contributed by atoms with van der Waals surface area (Å²) in [5.41, 5.74) is 9.58. The van der Waals surface area contributed by atoms with Gasteiger partial charge < -0.3 is 10.4 Å². The summed E-state index contributed by atoms with van der Waals surface area (Å²) in [6, 6.07) is 4.82. The molecule has 2 rings (SSSR count). The van der Waals surface area contributed by atoms with E-state index in [1.807, 2.05) is 0 Å². The number of carbonyl (C=O) groups is 2. The molecule has 0 fully saturated rings. The topological polar surface area (TPSA) is 171 Å². The fourth-order valence-electron chi connectivity index (χ4n) is 3.19. The number of benzene rings is 1. The Morgan fingerprint density at radius 1 is 1.46 bits per heavy atom. The minimum absolute atomic E-state index is 0.000240. The molecule has 1 heterocycles. The van der Waals surface area contributed by atoms with Crippen LogP contribution in [0.4, 0.5) is 5.69 Å². The molecule has 11 nitrogen and oxygen atoms in total. The van der Waals surface area contributed by atoms with E-state index in [0.29, 0.717) is 29.8 Å². The molecule has 0 spiro atoms. The Hall–Kier alpha value is -3.72. The van der Waals surface area contributed by atoms with Crippen LogP contribution in [0.5, 0.6) is 0 Å². The molecule has 0 saturated heterocycles. The molecular formula is C17H18N6O5. The Kier molecular flexibility index (Phi) is 6.83. The summed E-state index contributed by atoms with van der Waals surface area (Å²) in [5.74, 6) is -1.97. The molecule has 0 saturated carbocycles. The SMILES string of the molecule is CC1=NC(CCCN=[N+]=[N-])=C(C(=O)O)C(c2ccc([N+](=O)[O-])cc2)C1NC=O. The van der Waals surface area contributed by atoms with E-state index in [1.165, 1.54) is 24.3 Å². The lowest BCUT2D eigenvalue weighted by molar-refractivity contribution is -0.384. The van der Waals surface area contributed by atoms with Crippen molar-refractivity contribution < 1.29 is 19.6 Å². The van der Waals surface area contributed by atoms with Crippen molar-refractivity contribution in [2.45, 2.75) is 31.7 Å². The van der Waals surface area contributed by atoms with Crippen molar-refractivity contribution in [3.8, 4) is 0 Å². The van der Waals surface area contributed by atoms with E-state index in [0.717, 1.165) is 0 Å². The van der Waals surface area contributed by atoms with Crippen LogP contribution < -0.4 is 5.32 Å². The second kappa shape index (κ2) is 9.28. The smallest absolute Gasteiger partial charge is 0.334 e. The molecule has 0 aromatic heterocycles. The third-order valence-corrected chi connectivity index (χ3v) is 4.39. The maximum Gasteiger partial charge on any atom is 0.334 e. The van der Waals surface area contributed by atoms with Crippen LogP contribution in [0.1, 0.15) is 31.2 Å². The first-order chi connectivity index (χ1) is 13.4. The number of allylic oxidation sites excluding steroid dienone is 1. The quantitative estimate of drug-likeness (QED) is 0.126. The molecule has 1 amide bonds. The predicted octanol–water partition coefficient (Wildman–Crippen LogP) is 2.70. The number of hydrogen-bond donors (Lipinski definition) is 2. The van der Waals surface area contributed by atoms with Gasteiger partial charge in [-0.25, -0.2) is 4.79 Å². The molecule has 0 aliphatic carbocycles. The largest absolute Gasteiger partial charge is 0.478 e. The number of rotatable bonds is 9. The highest BCUT2D eigenvalue weighted by Gasteiger charge is 2.37. The van der Waals surface area contributed by atoms with Crippen molar-refractivity contribution in [1.29, 1.82) is 0 Å². The molecule has 2 unspecified atom stereocenters. The number of nitro groups is 1. The molecule has 0 radical (unpaired) electrons. The molecule has 28 heavy (non-hydrogen) atoms. The number of non-ortho nitro benzene ring substituents is 1. The number of aliphatic carboxylic acids is 1. The Balaban J connectivity index is 2.53. The zero-order valence-electron chi connectivity index (χ0n) is 15.0. The van der Waals surface area contributed by atoms with Gasteiger partial charge in [-0.05, 0) is 30.9 Å². The number of carbonyl (C=O) groups excluding carboxylic acids is 1. The summed E-state index contributed by atoms with van der Waals surface area (Å²) >= 11 is 0. The van der Waals surface area contributed by atoms with Gasteiger partial charge in [0.05, 0.1) is 22.2 Å². The van der Waals surface area contributed by atoms with Crippen molar-refractivity contribution in [1.82, 2.24) is 5.32 Å². The van der Waals surface area contributed by atoms with Crippen LogP contribution in [0.2, 0.25) is 0 Å². The average Bonchev–Trinajstić information content (AvgIpc) is 2.66. The lowest BCUT2D eigenvalue weighted by Gasteiger charge is -2.32. The number of carboxylic acids is 1. The van der Waals surface area contributed by atoms with Gasteiger partial charge >= 0.3 is 5.97 Å². The highest BCUT2D eigenvalue weighted by Crippen LogP contribution is 2.37. The number of hydrogen-bond acceptors (Lipinski definition) is 6. The summed E-state index contributed by atoms with van der Waals surface area (Å²) in [6.45, 7) is 1.87. The molecule has 1 aromatic carbocycles. The van der Waals surface area contributed by atoms with E-state index in [1.54, 1.807) is 6.92 Å². The van der Waals surface area contributed by atoms with Gasteiger partial charge in [0.1, 0.15) is 0 Å². The van der Waals surface area contributed by atoms with Crippen LogP contribution in [-0.4, -0.2) is 40.7 Å². The number of nitrogens with one attached hydrogen (secondary N) is 1. The minimum atomic E-state index is -1.20. The van der Waals surface area contributed by atoms with E-state index >= 15 is 0 Å². The maximum atomic E-state index is 12.0. The Morgan fingerprint density at radius 2 is 2.14 bits per heavy atom. The van der Waals surface area contributed by atoms with Gasteiger partial charge in [-0.3, -0.25) is 19.9 Å². The molecule has 2 N–H and O–H groups in total. The fourth-order valence-corrected chi connectivity index (χ4v) is 3.19. The second-order valence-corrected chi connectivity index (χ2v) is 6.07. The monoisotopic (exact) mass is 386 g/mol. The number of aliphatic imine (C=N–C) groups is 1. The van der Waals surface area contributed by atoms with Crippen LogP contribution in [0.25, 0.3) is 10.4 Å². The van der Waals surface area contributed by atoms with Gasteiger partial charge in [0.2, 0.25) is 6.41 Å². The first kappa shape index (κ1) is 20.6. The average molecular weight is 386 g/mol. The lowest BCUT2D eigenvalue weighted by atomic mass is 9.79. The number of nitro benzene ring substituents is 1. The van der Waals surface area contributed by atoms with Gasteiger partial charge in [0, 0.05) is 35.2 Å². The zero-order valence-corrected chi connectivity index (χ0v) is 15.0. The molecular weight excluding hydrogens is 368 g/mol. The van der Waals surface area contributed by atoms with Gasteiger partial charge in [-0.15, -0.1) is 0 Å². The highest BCUT2D eigenvalue weighted by atomic mass is 16.6. The number of azide groups is 1. The van der Waals surface area contributed by atoms with Crippen molar-refractivity contribution >= 4 is 23.8 Å². The maximum absolute atomic E-state index is 12.0. The van der Waals surface area contributed by atoms with Crippen LogP contribution in [0, 0.1) is 10.1 Å². The zero-order chi connectivity index (χ0) is 20.7. The minimum Gasteiger partial charge on any atom is -0.478 e. The van der Waals surface area contributed by atoms with Crippen molar-refractivity contribution in [3.63, 3.8) is 0 Å². The summed E-state index contributed by atoms with van der Waals surface area (Å²) in [5, 5.41) is 26.7. The second-order valence-electron chi connectivity index (χ2n) is 6.07. The predicted molar refractivity (Wildman–Crippen MR) is 99.8 cm³/mol. The van der Waals surface area contributed by atoms with Crippen LogP contribution >= 0.6 is 0 Å². The third-order valence-electron chi connectivity index (χ3n) is 4.39. The van der Waals surface area contributed by atoms with Crippen LogP contribution in [0.3, 0.4) is 0 Å². The Bertz CT molecular complexity index is 886. The third kappa shape index (κ3) is 4.51. The summed E-state index contributed by atoms with van der Waals surface area (Å²) in [7, 11) is 0. The number of amides is 1. The summed E-state index contributed by atoms with van der Waals surface area (Å²) in [6.07, 6.45) is 1.15. The van der Waals surface area contributed by atoms with E-state index in [2.05, 4.69) is 20.3 Å². The standard InChI is InChI=1S/C17H18N6O5/c1-10-16(19-9-24)14(11-4-6-12(7-5-11)23(27)28)15(17(25)26)13(21-10)3-2-8-20-22-18/h4-7,9,14,16H,2-3,8H2,1H3,(H,19,24)(H,25,26). The van der Waals surface area contributed by atoms with Gasteiger partial charge in [0.25, 0.3) is 5.69 Å². The lowest BCUT2D eigenvalue weighted by Crippen LogP contribution is -2.44. The van der Waals surface area contributed by atoms with E-state index < -0.39 is 22.9 Å². The van der Waals surface area contributed by atoms with Gasteiger partial charge in [0.15, 0.2) is 0 Å². The normalized spacial score (nSPS) is 18.7. The first-order valence-corrected chi connectivity index (χ1v) is 8.37. The summed E-state index contributed by atoms with van der Waals surface area (Å²) in [4.78, 5) is 40.5. The van der Waals surface area contributed by atoms with Crippen molar-refractivity contribution in [2.75, 3.05) is 6.54 Å². The molecule has 2 atom stereocenters. The Labute approximate surface area is 159 Å². The van der Waals surface area contributed by atoms with Crippen molar-refractivity contribution in [2.24, 2.45) is 10.1 Å². The molecule has 1 aliphatic heterocycles. The molecule has 146 valence electrons. The molecule has 1 aliphatic rings. The highest BCUT2D eigenvalue weighted by molar-refractivity contribution is 5.99. The van der Waals surface area contributed by atoms with Gasteiger partial charge in [-0.2, -0.15) is 0 Å². The van der Waals surface area contributed by atoms with E-state index in [9.17, 15) is 24.8 Å². The van der Waals surface area contributed by atoms with Crippen molar-refractivity contribution in [3.05, 3.63) is 61.7 Å². The van der Waals surface area contributed by atoms with E-state index in [4.69, 9.17) is 5.53 Å². The first-order valence-electron chi connectivity index (χ1n) is 8.37.